The summed E-state index contributed by atoms with van der Waals surface area (Å²) in [4.78, 5) is 15.6. The first-order valence-corrected chi connectivity index (χ1v) is 6.99. The van der Waals surface area contributed by atoms with Crippen molar-refractivity contribution >= 4 is 17.4 Å². The van der Waals surface area contributed by atoms with E-state index in [4.69, 9.17) is 0 Å². The highest BCUT2D eigenvalue weighted by molar-refractivity contribution is 7.12. The van der Waals surface area contributed by atoms with Gasteiger partial charge < -0.3 is 15.5 Å². The molecule has 1 aromatic heterocycles. The molecule has 18 heavy (non-hydrogen) atoms. The van der Waals surface area contributed by atoms with Crippen LogP contribution in [0.4, 0.5) is 4.79 Å². The van der Waals surface area contributed by atoms with Crippen molar-refractivity contribution < 1.29 is 4.79 Å². The van der Waals surface area contributed by atoms with E-state index in [0.717, 1.165) is 6.54 Å². The van der Waals surface area contributed by atoms with Gasteiger partial charge in [0, 0.05) is 43.0 Å². The van der Waals surface area contributed by atoms with E-state index in [1.165, 1.54) is 20.2 Å². The molecule has 102 valence electrons. The summed E-state index contributed by atoms with van der Waals surface area (Å²) in [6.45, 7) is 7.85. The first kappa shape index (κ1) is 15.0. The third-order valence-corrected chi connectivity index (χ3v) is 3.79. The number of carbonyl (C=O) groups excluding carboxylic acids is 1. The van der Waals surface area contributed by atoms with Gasteiger partial charge in [-0.25, -0.2) is 4.79 Å². The number of hydrogen-bond acceptors (Lipinski definition) is 3. The summed E-state index contributed by atoms with van der Waals surface area (Å²) in [5, 5.41) is 6.26. The summed E-state index contributed by atoms with van der Waals surface area (Å²) in [5.74, 6) is 0. The van der Waals surface area contributed by atoms with Gasteiger partial charge in [-0.3, -0.25) is 0 Å². The van der Waals surface area contributed by atoms with E-state index < -0.39 is 0 Å². The Labute approximate surface area is 113 Å². The molecule has 2 N–H and O–H groups in total. The van der Waals surface area contributed by atoms with E-state index in [1.807, 2.05) is 11.3 Å². The lowest BCUT2D eigenvalue weighted by atomic mass is 10.1. The van der Waals surface area contributed by atoms with Gasteiger partial charge in [-0.05, 0) is 32.4 Å². The van der Waals surface area contributed by atoms with Crippen molar-refractivity contribution in [2.75, 3.05) is 27.2 Å². The Morgan fingerprint density at radius 1 is 1.39 bits per heavy atom. The van der Waals surface area contributed by atoms with Gasteiger partial charge in [0.15, 0.2) is 0 Å². The first-order valence-electron chi connectivity index (χ1n) is 6.17. The highest BCUT2D eigenvalue weighted by atomic mass is 32.1. The Bertz CT molecular complexity index is 401. The number of nitrogens with one attached hydrogen (secondary N) is 2. The lowest BCUT2D eigenvalue weighted by molar-refractivity contribution is 0.217. The van der Waals surface area contributed by atoms with E-state index in [-0.39, 0.29) is 6.03 Å². The molecule has 0 spiro atoms. The van der Waals surface area contributed by atoms with Gasteiger partial charge in [-0.2, -0.15) is 0 Å². The second kappa shape index (κ2) is 6.75. The van der Waals surface area contributed by atoms with Crippen LogP contribution in [0.5, 0.6) is 0 Å². The summed E-state index contributed by atoms with van der Waals surface area (Å²) in [7, 11) is 3.48. The van der Waals surface area contributed by atoms with E-state index >= 15 is 0 Å². The number of aryl methyl sites for hydroxylation is 2. The van der Waals surface area contributed by atoms with Crippen molar-refractivity contribution in [1.29, 1.82) is 0 Å². The lowest BCUT2D eigenvalue weighted by Crippen LogP contribution is -2.38. The molecule has 0 aliphatic rings. The molecular formula is C13H23N3OS. The van der Waals surface area contributed by atoms with Crippen molar-refractivity contribution in [3.8, 4) is 0 Å². The molecule has 5 heteroatoms. The number of rotatable bonds is 5. The normalized spacial score (nSPS) is 12.3. The smallest absolute Gasteiger partial charge is 0.316 e. The van der Waals surface area contributed by atoms with Gasteiger partial charge in [0.25, 0.3) is 0 Å². The summed E-state index contributed by atoms with van der Waals surface area (Å²) in [6, 6.07) is 2.51. The van der Waals surface area contributed by atoms with Crippen LogP contribution >= 0.6 is 11.3 Å². The quantitative estimate of drug-likeness (QED) is 0.806. The zero-order valence-electron chi connectivity index (χ0n) is 11.8. The summed E-state index contributed by atoms with van der Waals surface area (Å²) < 4.78 is 0. The zero-order valence-corrected chi connectivity index (χ0v) is 12.6. The third-order valence-electron chi connectivity index (χ3n) is 2.80. The van der Waals surface area contributed by atoms with Gasteiger partial charge >= 0.3 is 6.03 Å². The molecule has 0 aliphatic carbocycles. The SMILES string of the molecule is Cc1cc(C(C)NCCNC(=O)N(C)C)c(C)s1. The largest absolute Gasteiger partial charge is 0.337 e. The molecule has 0 fully saturated rings. The molecule has 0 saturated heterocycles. The van der Waals surface area contributed by atoms with Gasteiger partial charge in [0.05, 0.1) is 0 Å². The van der Waals surface area contributed by atoms with Crippen LogP contribution in [-0.2, 0) is 0 Å². The molecule has 0 saturated carbocycles. The predicted molar refractivity (Wildman–Crippen MR) is 77.3 cm³/mol. The Morgan fingerprint density at radius 3 is 2.56 bits per heavy atom. The molecule has 1 rings (SSSR count). The highest BCUT2D eigenvalue weighted by Gasteiger charge is 2.10. The van der Waals surface area contributed by atoms with Crippen molar-refractivity contribution in [2.24, 2.45) is 0 Å². The molecule has 1 heterocycles. The minimum Gasteiger partial charge on any atom is -0.337 e. The number of nitrogens with zero attached hydrogens (tertiary/aromatic N) is 1. The molecule has 0 aliphatic heterocycles. The van der Waals surface area contributed by atoms with Crippen LogP contribution in [0.1, 0.15) is 28.3 Å². The van der Waals surface area contributed by atoms with Crippen molar-refractivity contribution in [1.82, 2.24) is 15.5 Å². The van der Waals surface area contributed by atoms with Crippen LogP contribution < -0.4 is 10.6 Å². The maximum absolute atomic E-state index is 11.3. The van der Waals surface area contributed by atoms with Crippen LogP contribution in [0, 0.1) is 13.8 Å². The Balaban J connectivity index is 2.32. The second-order valence-electron chi connectivity index (χ2n) is 4.67. The summed E-state index contributed by atoms with van der Waals surface area (Å²) in [5.41, 5.74) is 1.36. The third kappa shape index (κ3) is 4.31. The molecule has 4 nitrogen and oxygen atoms in total. The van der Waals surface area contributed by atoms with E-state index in [1.54, 1.807) is 14.1 Å². The maximum atomic E-state index is 11.3. The van der Waals surface area contributed by atoms with E-state index in [2.05, 4.69) is 37.5 Å². The summed E-state index contributed by atoms with van der Waals surface area (Å²) in [6.07, 6.45) is 0. The number of urea groups is 1. The Morgan fingerprint density at radius 2 is 2.06 bits per heavy atom. The van der Waals surface area contributed by atoms with Gasteiger partial charge in [-0.15, -0.1) is 11.3 Å². The molecule has 1 unspecified atom stereocenters. The maximum Gasteiger partial charge on any atom is 0.316 e. The lowest BCUT2D eigenvalue weighted by Gasteiger charge is -2.15. The van der Waals surface area contributed by atoms with Crippen LogP contribution in [0.25, 0.3) is 0 Å². The van der Waals surface area contributed by atoms with Gasteiger partial charge in [0.1, 0.15) is 0 Å². The average molecular weight is 269 g/mol. The molecular weight excluding hydrogens is 246 g/mol. The molecule has 1 aromatic rings. The van der Waals surface area contributed by atoms with Crippen molar-refractivity contribution in [3.05, 3.63) is 21.4 Å². The fourth-order valence-corrected chi connectivity index (χ4v) is 2.83. The minimum atomic E-state index is -0.0491. The Kier molecular flexibility index (Phi) is 5.62. The number of carbonyl (C=O) groups is 1. The van der Waals surface area contributed by atoms with Crippen LogP contribution in [-0.4, -0.2) is 38.1 Å². The molecule has 0 radical (unpaired) electrons. The van der Waals surface area contributed by atoms with Gasteiger partial charge in [-0.1, -0.05) is 0 Å². The van der Waals surface area contributed by atoms with Crippen LogP contribution in [0.2, 0.25) is 0 Å². The molecule has 0 bridgehead atoms. The molecule has 1 atom stereocenters. The van der Waals surface area contributed by atoms with Gasteiger partial charge in [0.2, 0.25) is 0 Å². The average Bonchev–Trinajstić information content (AvgIpc) is 2.63. The van der Waals surface area contributed by atoms with E-state index in [9.17, 15) is 4.79 Å². The standard InChI is InChI=1S/C13H23N3OS/c1-9-8-12(11(3)18-9)10(2)14-6-7-15-13(17)16(4)5/h8,10,14H,6-7H2,1-5H3,(H,15,17). The van der Waals surface area contributed by atoms with Crippen molar-refractivity contribution in [2.45, 2.75) is 26.8 Å². The van der Waals surface area contributed by atoms with Crippen molar-refractivity contribution in [3.63, 3.8) is 0 Å². The molecule has 0 aromatic carbocycles. The number of hydrogen-bond donors (Lipinski definition) is 2. The predicted octanol–water partition coefficient (Wildman–Crippen LogP) is 2.29. The monoisotopic (exact) mass is 269 g/mol. The minimum absolute atomic E-state index is 0.0491. The first-order chi connectivity index (χ1) is 8.41. The Hall–Kier alpha value is -1.07. The molecule has 2 amide bonds. The number of thiophene rings is 1. The zero-order chi connectivity index (χ0) is 13.7. The fourth-order valence-electron chi connectivity index (χ4n) is 1.81. The second-order valence-corrected chi connectivity index (χ2v) is 6.13. The summed E-state index contributed by atoms with van der Waals surface area (Å²) >= 11 is 1.83. The van der Waals surface area contributed by atoms with E-state index in [0.29, 0.717) is 12.6 Å². The topological polar surface area (TPSA) is 44.4 Å². The highest BCUT2D eigenvalue weighted by Crippen LogP contribution is 2.25. The fraction of sp³-hybridized carbons (Fsp3) is 0.615. The number of amides is 2. The van der Waals surface area contributed by atoms with Crippen LogP contribution in [0.15, 0.2) is 6.07 Å². The van der Waals surface area contributed by atoms with Crippen LogP contribution in [0.3, 0.4) is 0 Å².